The van der Waals surface area contributed by atoms with Crippen LogP contribution in [0.25, 0.3) is 5.69 Å². The zero-order valence-electron chi connectivity index (χ0n) is 15.1. The van der Waals surface area contributed by atoms with Crippen molar-refractivity contribution >= 4 is 11.9 Å². The van der Waals surface area contributed by atoms with Crippen LogP contribution in [0.15, 0.2) is 24.3 Å². The lowest BCUT2D eigenvalue weighted by atomic mass is 9.90. The molecule has 1 atom stereocenters. The van der Waals surface area contributed by atoms with E-state index in [0.29, 0.717) is 13.0 Å². The van der Waals surface area contributed by atoms with E-state index in [1.165, 1.54) is 12.1 Å². The predicted octanol–water partition coefficient (Wildman–Crippen LogP) is 2.49. The van der Waals surface area contributed by atoms with E-state index in [9.17, 15) is 19.1 Å². The van der Waals surface area contributed by atoms with E-state index in [-0.39, 0.29) is 24.7 Å². The van der Waals surface area contributed by atoms with E-state index in [1.807, 2.05) is 13.8 Å². The molecule has 0 spiro atoms. The van der Waals surface area contributed by atoms with Crippen LogP contribution >= 0.6 is 0 Å². The van der Waals surface area contributed by atoms with E-state index >= 15 is 0 Å². The molecule has 1 aliphatic heterocycles. The number of likely N-dealkylation sites (tertiary alicyclic amines) is 1. The van der Waals surface area contributed by atoms with E-state index in [1.54, 1.807) is 28.6 Å². The fraction of sp³-hybridized carbons (Fsp3) is 0.421. The number of nitrogens with zero attached hydrogens (tertiary/aromatic N) is 3. The summed E-state index contributed by atoms with van der Waals surface area (Å²) in [6.07, 6.45) is 0.634. The highest BCUT2D eigenvalue weighted by Crippen LogP contribution is 2.31. The van der Waals surface area contributed by atoms with Crippen LogP contribution in [0.2, 0.25) is 0 Å². The molecule has 1 aromatic carbocycles. The van der Waals surface area contributed by atoms with Gasteiger partial charge in [-0.2, -0.15) is 5.10 Å². The third-order valence-corrected chi connectivity index (χ3v) is 5.18. The molecule has 6 nitrogen and oxygen atoms in total. The van der Waals surface area contributed by atoms with Gasteiger partial charge in [0.2, 0.25) is 5.91 Å². The smallest absolute Gasteiger partial charge is 0.311 e. The summed E-state index contributed by atoms with van der Waals surface area (Å²) in [6.45, 7) is 6.06. The number of aromatic nitrogens is 2. The molecule has 1 saturated heterocycles. The third kappa shape index (κ3) is 3.21. The molecule has 1 aliphatic rings. The Labute approximate surface area is 151 Å². The molecule has 3 rings (SSSR count). The van der Waals surface area contributed by atoms with Crippen molar-refractivity contribution in [3.05, 3.63) is 47.0 Å². The maximum atomic E-state index is 13.1. The van der Waals surface area contributed by atoms with Crippen LogP contribution in [-0.2, 0) is 16.0 Å². The zero-order chi connectivity index (χ0) is 19.1. The molecule has 0 unspecified atom stereocenters. The van der Waals surface area contributed by atoms with Crippen molar-refractivity contribution in [1.29, 1.82) is 0 Å². The van der Waals surface area contributed by atoms with Gasteiger partial charge in [0.25, 0.3) is 0 Å². The normalized spacial score (nSPS) is 19.8. The Bertz CT molecular complexity index is 860. The van der Waals surface area contributed by atoms with Gasteiger partial charge in [0.1, 0.15) is 5.82 Å². The predicted molar refractivity (Wildman–Crippen MR) is 93.6 cm³/mol. The van der Waals surface area contributed by atoms with Crippen molar-refractivity contribution in [2.45, 2.75) is 33.6 Å². The number of benzene rings is 1. The maximum Gasteiger partial charge on any atom is 0.311 e. The van der Waals surface area contributed by atoms with Gasteiger partial charge in [0.05, 0.1) is 23.2 Å². The summed E-state index contributed by atoms with van der Waals surface area (Å²) in [6, 6.07) is 6.01. The summed E-state index contributed by atoms with van der Waals surface area (Å²) < 4.78 is 14.8. The van der Waals surface area contributed by atoms with Gasteiger partial charge in [-0.3, -0.25) is 9.59 Å². The minimum atomic E-state index is -0.877. The number of hydrogen-bond acceptors (Lipinski definition) is 3. The molecule has 0 bridgehead atoms. The number of halogens is 1. The SMILES string of the molecule is Cc1nn(-c2ccc(F)cc2)c(C)c1CC(=O)N1CC[C@](C)(C(=O)O)C1. The zero-order valence-corrected chi connectivity index (χ0v) is 15.1. The van der Waals surface area contributed by atoms with Crippen molar-refractivity contribution in [3.63, 3.8) is 0 Å². The Kier molecular flexibility index (Phi) is 4.56. The highest BCUT2D eigenvalue weighted by Gasteiger charge is 2.42. The number of carbonyl (C=O) groups is 2. The van der Waals surface area contributed by atoms with Crippen molar-refractivity contribution in [2.75, 3.05) is 13.1 Å². The number of rotatable bonds is 4. The Morgan fingerprint density at radius 1 is 1.27 bits per heavy atom. The standard InChI is InChI=1S/C19H22FN3O3/c1-12-16(10-17(24)22-9-8-19(3,11-22)18(25)26)13(2)23(21-12)15-6-4-14(20)5-7-15/h4-7H,8-11H2,1-3H3,(H,25,26)/t19-/m0/s1. The molecule has 1 aromatic heterocycles. The van der Waals surface area contributed by atoms with Crippen LogP contribution < -0.4 is 0 Å². The average molecular weight is 359 g/mol. The molecule has 0 radical (unpaired) electrons. The first kappa shape index (κ1) is 18.1. The molecule has 0 aliphatic carbocycles. The molecule has 0 saturated carbocycles. The molecule has 138 valence electrons. The fourth-order valence-corrected chi connectivity index (χ4v) is 3.38. The Balaban J connectivity index is 1.79. The first-order valence-corrected chi connectivity index (χ1v) is 8.53. The van der Waals surface area contributed by atoms with Crippen LogP contribution in [-0.4, -0.2) is 44.8 Å². The number of carboxylic acids is 1. The van der Waals surface area contributed by atoms with Crippen LogP contribution in [0.3, 0.4) is 0 Å². The Hall–Kier alpha value is -2.70. The highest BCUT2D eigenvalue weighted by atomic mass is 19.1. The average Bonchev–Trinajstić information content (AvgIpc) is 3.12. The molecule has 2 heterocycles. The van der Waals surface area contributed by atoms with Gasteiger partial charge in [-0.05, 0) is 51.5 Å². The largest absolute Gasteiger partial charge is 0.481 e. The van der Waals surface area contributed by atoms with Crippen LogP contribution in [0.5, 0.6) is 0 Å². The summed E-state index contributed by atoms with van der Waals surface area (Å²) in [5, 5.41) is 13.8. The van der Waals surface area contributed by atoms with Crippen molar-refractivity contribution in [2.24, 2.45) is 5.41 Å². The quantitative estimate of drug-likeness (QED) is 0.910. The van der Waals surface area contributed by atoms with Gasteiger partial charge in [-0.15, -0.1) is 0 Å². The second kappa shape index (κ2) is 6.55. The second-order valence-corrected chi connectivity index (χ2v) is 7.15. The summed E-state index contributed by atoms with van der Waals surface area (Å²) in [7, 11) is 0. The van der Waals surface area contributed by atoms with Crippen LogP contribution in [0.1, 0.15) is 30.3 Å². The van der Waals surface area contributed by atoms with Gasteiger partial charge >= 0.3 is 5.97 Å². The Morgan fingerprint density at radius 3 is 2.50 bits per heavy atom. The molecular formula is C19H22FN3O3. The van der Waals surface area contributed by atoms with Crippen molar-refractivity contribution < 1.29 is 19.1 Å². The lowest BCUT2D eigenvalue weighted by Crippen LogP contribution is -2.35. The minimum absolute atomic E-state index is 0.0974. The molecular weight excluding hydrogens is 337 g/mol. The number of hydrogen-bond donors (Lipinski definition) is 1. The second-order valence-electron chi connectivity index (χ2n) is 7.15. The van der Waals surface area contributed by atoms with Crippen LogP contribution in [0.4, 0.5) is 4.39 Å². The monoisotopic (exact) mass is 359 g/mol. The number of carbonyl (C=O) groups excluding carboxylic acids is 1. The topological polar surface area (TPSA) is 75.4 Å². The van der Waals surface area contributed by atoms with Crippen molar-refractivity contribution in [1.82, 2.24) is 14.7 Å². The lowest BCUT2D eigenvalue weighted by Gasteiger charge is -2.20. The number of carboxylic acid groups (broad SMARTS) is 1. The number of aliphatic carboxylic acids is 1. The molecule has 26 heavy (non-hydrogen) atoms. The lowest BCUT2D eigenvalue weighted by molar-refractivity contribution is -0.147. The molecule has 1 fully saturated rings. The number of aryl methyl sites for hydroxylation is 1. The van der Waals surface area contributed by atoms with E-state index in [4.69, 9.17) is 0 Å². The van der Waals surface area contributed by atoms with E-state index in [2.05, 4.69) is 5.10 Å². The van der Waals surface area contributed by atoms with Crippen LogP contribution in [0, 0.1) is 25.1 Å². The van der Waals surface area contributed by atoms with Gasteiger partial charge in [0, 0.05) is 24.3 Å². The summed E-state index contributed by atoms with van der Waals surface area (Å²) in [5.74, 6) is -1.29. The van der Waals surface area contributed by atoms with Gasteiger partial charge in [-0.25, -0.2) is 9.07 Å². The maximum absolute atomic E-state index is 13.1. The summed E-state index contributed by atoms with van der Waals surface area (Å²) in [5.41, 5.74) is 2.23. The Morgan fingerprint density at radius 2 is 1.92 bits per heavy atom. The first-order chi connectivity index (χ1) is 12.2. The fourth-order valence-electron chi connectivity index (χ4n) is 3.38. The molecule has 1 N–H and O–H groups in total. The van der Waals surface area contributed by atoms with Gasteiger partial charge < -0.3 is 10.0 Å². The molecule has 7 heteroatoms. The highest BCUT2D eigenvalue weighted by molar-refractivity contribution is 5.82. The van der Waals surface area contributed by atoms with Gasteiger partial charge in [-0.1, -0.05) is 0 Å². The van der Waals surface area contributed by atoms with Gasteiger partial charge in [0.15, 0.2) is 0 Å². The summed E-state index contributed by atoms with van der Waals surface area (Å²) in [4.78, 5) is 25.6. The summed E-state index contributed by atoms with van der Waals surface area (Å²) >= 11 is 0. The third-order valence-electron chi connectivity index (χ3n) is 5.18. The molecule has 1 amide bonds. The van der Waals surface area contributed by atoms with E-state index < -0.39 is 11.4 Å². The molecule has 2 aromatic rings. The van der Waals surface area contributed by atoms with Crippen molar-refractivity contribution in [3.8, 4) is 5.69 Å². The minimum Gasteiger partial charge on any atom is -0.481 e. The van der Waals surface area contributed by atoms with E-state index in [0.717, 1.165) is 22.6 Å². The number of amides is 1. The first-order valence-electron chi connectivity index (χ1n) is 8.53.